The van der Waals surface area contributed by atoms with Gasteiger partial charge in [-0.25, -0.2) is 17.5 Å². The average molecular weight is 352 g/mol. The van der Waals surface area contributed by atoms with Crippen LogP contribution in [-0.4, -0.2) is 27.7 Å². The van der Waals surface area contributed by atoms with E-state index in [-0.39, 0.29) is 15.5 Å². The molecule has 1 aliphatic heterocycles. The maximum atomic E-state index is 12.9. The number of rotatable bonds is 5. The summed E-state index contributed by atoms with van der Waals surface area (Å²) in [5.41, 5.74) is 0. The van der Waals surface area contributed by atoms with Crippen molar-refractivity contribution in [3.63, 3.8) is 0 Å². The number of hydrogen-bond acceptors (Lipinski definition) is 3. The van der Waals surface area contributed by atoms with Gasteiger partial charge in [0.1, 0.15) is 5.82 Å². The Morgan fingerprint density at radius 3 is 2.89 bits per heavy atom. The van der Waals surface area contributed by atoms with Crippen LogP contribution in [0.4, 0.5) is 4.39 Å². The minimum atomic E-state index is -3.62. The van der Waals surface area contributed by atoms with E-state index in [1.807, 2.05) is 0 Å². The van der Waals surface area contributed by atoms with Crippen molar-refractivity contribution in [1.29, 1.82) is 0 Å². The molecule has 1 unspecified atom stereocenters. The first-order chi connectivity index (χ1) is 8.99. The fourth-order valence-corrected chi connectivity index (χ4v) is 4.09. The van der Waals surface area contributed by atoms with Crippen LogP contribution in [0.25, 0.3) is 0 Å². The van der Waals surface area contributed by atoms with Crippen molar-refractivity contribution in [2.75, 3.05) is 13.2 Å². The fraction of sp³-hybridized carbons (Fsp3) is 0.500. The standard InChI is InChI=1S/C12H15BrFNO3S/c13-11-8-9(14)3-4-12(11)19(16,17)15-6-5-10-2-1-7-18-10/h3-4,8,10,15H,1-2,5-7H2. The second-order valence-corrected chi connectivity index (χ2v) is 6.99. The van der Waals surface area contributed by atoms with E-state index in [4.69, 9.17) is 4.74 Å². The highest BCUT2D eigenvalue weighted by atomic mass is 79.9. The normalized spacial score (nSPS) is 19.8. The summed E-state index contributed by atoms with van der Waals surface area (Å²) < 4.78 is 45.1. The second kappa shape index (κ2) is 6.30. The summed E-state index contributed by atoms with van der Waals surface area (Å²) in [4.78, 5) is 0.0428. The highest BCUT2D eigenvalue weighted by molar-refractivity contribution is 9.10. The number of halogens is 2. The van der Waals surface area contributed by atoms with Crippen LogP contribution in [0, 0.1) is 5.82 Å². The molecule has 0 saturated carbocycles. The molecule has 2 rings (SSSR count). The van der Waals surface area contributed by atoms with Crippen molar-refractivity contribution in [2.24, 2.45) is 0 Å². The number of ether oxygens (including phenoxy) is 1. The number of sulfonamides is 1. The Morgan fingerprint density at radius 1 is 1.47 bits per heavy atom. The summed E-state index contributed by atoms with van der Waals surface area (Å²) in [7, 11) is -3.62. The zero-order valence-corrected chi connectivity index (χ0v) is 12.6. The van der Waals surface area contributed by atoms with Crippen LogP contribution in [0.5, 0.6) is 0 Å². The van der Waals surface area contributed by atoms with Crippen LogP contribution in [0.15, 0.2) is 27.6 Å². The van der Waals surface area contributed by atoms with Crippen LogP contribution in [0.3, 0.4) is 0 Å². The molecule has 0 amide bonds. The Bertz CT molecular complexity index is 544. The molecular formula is C12H15BrFNO3S. The molecule has 1 N–H and O–H groups in total. The van der Waals surface area contributed by atoms with Crippen molar-refractivity contribution in [2.45, 2.75) is 30.3 Å². The molecule has 1 atom stereocenters. The maximum absolute atomic E-state index is 12.9. The van der Waals surface area contributed by atoms with Crippen LogP contribution < -0.4 is 4.72 Å². The number of hydrogen-bond donors (Lipinski definition) is 1. The van der Waals surface area contributed by atoms with Gasteiger partial charge in [-0.05, 0) is 53.4 Å². The fourth-order valence-electron chi connectivity index (χ4n) is 2.00. The smallest absolute Gasteiger partial charge is 0.241 e. The Morgan fingerprint density at radius 2 is 2.26 bits per heavy atom. The number of nitrogens with one attached hydrogen (secondary N) is 1. The van der Waals surface area contributed by atoms with Crippen LogP contribution >= 0.6 is 15.9 Å². The lowest BCUT2D eigenvalue weighted by molar-refractivity contribution is 0.105. The van der Waals surface area contributed by atoms with Gasteiger partial charge in [-0.1, -0.05) is 0 Å². The Kier molecular flexibility index (Phi) is 4.94. The summed E-state index contributed by atoms with van der Waals surface area (Å²) in [6.45, 7) is 1.07. The molecule has 19 heavy (non-hydrogen) atoms. The third-order valence-corrected chi connectivity index (χ3v) is 5.40. The first kappa shape index (κ1) is 14.9. The minimum absolute atomic E-state index is 0.0428. The van der Waals surface area contributed by atoms with Gasteiger partial charge in [-0.2, -0.15) is 0 Å². The first-order valence-corrected chi connectivity index (χ1v) is 8.33. The Hall–Kier alpha value is -0.500. The van der Waals surface area contributed by atoms with Gasteiger partial charge in [0.15, 0.2) is 0 Å². The van der Waals surface area contributed by atoms with Crippen LogP contribution in [0.2, 0.25) is 0 Å². The summed E-state index contributed by atoms with van der Waals surface area (Å²) >= 11 is 3.06. The molecule has 4 nitrogen and oxygen atoms in total. The highest BCUT2D eigenvalue weighted by Crippen LogP contribution is 2.22. The van der Waals surface area contributed by atoms with E-state index in [1.165, 1.54) is 6.07 Å². The van der Waals surface area contributed by atoms with Crippen molar-refractivity contribution in [1.82, 2.24) is 4.72 Å². The van der Waals surface area contributed by atoms with E-state index < -0.39 is 15.8 Å². The van der Waals surface area contributed by atoms with Crippen molar-refractivity contribution in [3.05, 3.63) is 28.5 Å². The monoisotopic (exact) mass is 351 g/mol. The molecule has 0 aliphatic carbocycles. The average Bonchev–Trinajstić information content (AvgIpc) is 2.81. The molecule has 1 fully saturated rings. The molecule has 0 bridgehead atoms. The summed E-state index contributed by atoms with van der Waals surface area (Å²) in [6.07, 6.45) is 2.79. The van der Waals surface area contributed by atoms with Crippen LogP contribution in [0.1, 0.15) is 19.3 Å². The van der Waals surface area contributed by atoms with Gasteiger partial charge < -0.3 is 4.74 Å². The van der Waals surface area contributed by atoms with Crippen LogP contribution in [-0.2, 0) is 14.8 Å². The number of benzene rings is 1. The first-order valence-electron chi connectivity index (χ1n) is 6.05. The molecule has 1 heterocycles. The Labute approximate surface area is 120 Å². The summed E-state index contributed by atoms with van der Waals surface area (Å²) in [6, 6.07) is 3.50. The molecule has 1 saturated heterocycles. The molecule has 106 valence electrons. The van der Waals surface area contributed by atoms with Gasteiger partial charge in [-0.3, -0.25) is 0 Å². The minimum Gasteiger partial charge on any atom is -0.378 e. The Balaban J connectivity index is 1.97. The molecule has 1 aromatic rings. The predicted molar refractivity (Wildman–Crippen MR) is 72.9 cm³/mol. The molecule has 0 spiro atoms. The van der Waals surface area contributed by atoms with E-state index in [9.17, 15) is 12.8 Å². The van der Waals surface area contributed by atoms with E-state index in [0.29, 0.717) is 13.0 Å². The van der Waals surface area contributed by atoms with Gasteiger partial charge in [0.25, 0.3) is 0 Å². The molecule has 0 aromatic heterocycles. The van der Waals surface area contributed by atoms with E-state index >= 15 is 0 Å². The van der Waals surface area contributed by atoms with E-state index in [1.54, 1.807) is 0 Å². The van der Waals surface area contributed by atoms with E-state index in [0.717, 1.165) is 31.6 Å². The van der Waals surface area contributed by atoms with Crippen molar-refractivity contribution >= 4 is 26.0 Å². The summed E-state index contributed by atoms with van der Waals surface area (Å²) in [5, 5.41) is 0. The zero-order chi connectivity index (χ0) is 13.9. The lowest BCUT2D eigenvalue weighted by atomic mass is 10.2. The van der Waals surface area contributed by atoms with Gasteiger partial charge in [0, 0.05) is 17.6 Å². The molecule has 0 radical (unpaired) electrons. The topological polar surface area (TPSA) is 55.4 Å². The quantitative estimate of drug-likeness (QED) is 0.886. The largest absolute Gasteiger partial charge is 0.378 e. The molecule has 1 aliphatic rings. The zero-order valence-electron chi connectivity index (χ0n) is 10.2. The van der Waals surface area contributed by atoms with Gasteiger partial charge in [-0.15, -0.1) is 0 Å². The van der Waals surface area contributed by atoms with Gasteiger partial charge >= 0.3 is 0 Å². The van der Waals surface area contributed by atoms with Gasteiger partial charge in [0.2, 0.25) is 10.0 Å². The summed E-state index contributed by atoms with van der Waals surface area (Å²) in [5.74, 6) is -0.481. The molecule has 1 aromatic carbocycles. The maximum Gasteiger partial charge on any atom is 0.241 e. The SMILES string of the molecule is O=S(=O)(NCCC1CCCO1)c1ccc(F)cc1Br. The lowest BCUT2D eigenvalue weighted by Crippen LogP contribution is -2.27. The molecule has 7 heteroatoms. The third kappa shape index (κ3) is 3.98. The third-order valence-electron chi connectivity index (χ3n) is 2.97. The lowest BCUT2D eigenvalue weighted by Gasteiger charge is -2.11. The molecular weight excluding hydrogens is 337 g/mol. The second-order valence-electron chi connectivity index (χ2n) is 4.40. The van der Waals surface area contributed by atoms with Crippen molar-refractivity contribution < 1.29 is 17.5 Å². The highest BCUT2D eigenvalue weighted by Gasteiger charge is 2.20. The van der Waals surface area contributed by atoms with E-state index in [2.05, 4.69) is 20.7 Å². The van der Waals surface area contributed by atoms with Crippen molar-refractivity contribution in [3.8, 4) is 0 Å². The predicted octanol–water partition coefficient (Wildman–Crippen LogP) is 2.44. The van der Waals surface area contributed by atoms with Gasteiger partial charge in [0.05, 0.1) is 11.0 Å².